The second kappa shape index (κ2) is 6.00. The van der Waals surface area contributed by atoms with Crippen LogP contribution < -0.4 is 0 Å². The highest BCUT2D eigenvalue weighted by atomic mass is 16.5. The Hall–Kier alpha value is -0.740. The van der Waals surface area contributed by atoms with Crippen molar-refractivity contribution in [3.63, 3.8) is 0 Å². The highest BCUT2D eigenvalue weighted by Crippen LogP contribution is 1.93. The first-order valence-corrected chi connectivity index (χ1v) is 3.46. The molecular formula is C7H12O4. The van der Waals surface area contributed by atoms with Crippen LogP contribution in [0.1, 0.15) is 13.3 Å². The van der Waals surface area contributed by atoms with Gasteiger partial charge in [-0.05, 0) is 0 Å². The third-order valence-electron chi connectivity index (χ3n) is 1.18. The summed E-state index contributed by atoms with van der Waals surface area (Å²) in [6.07, 6.45) is -0.275. The molecular weight excluding hydrogens is 148 g/mol. The molecule has 0 heterocycles. The van der Waals surface area contributed by atoms with Crippen molar-refractivity contribution >= 4 is 12.1 Å². The fraction of sp³-hybridized carbons (Fsp3) is 0.714. The maximum atomic E-state index is 10.8. The Morgan fingerprint density at radius 1 is 1.73 bits per heavy atom. The largest absolute Gasteiger partial charge is 0.394 e. The average molecular weight is 160 g/mol. The molecule has 0 amide bonds. The Morgan fingerprint density at radius 3 is 2.73 bits per heavy atom. The van der Waals surface area contributed by atoms with E-state index in [2.05, 4.69) is 0 Å². The topological polar surface area (TPSA) is 63.6 Å². The minimum absolute atomic E-state index is 0.0230. The number of rotatable bonds is 6. The first-order chi connectivity index (χ1) is 5.26. The Kier molecular flexibility index (Phi) is 5.60. The van der Waals surface area contributed by atoms with Crippen molar-refractivity contribution in [2.45, 2.75) is 19.4 Å². The van der Waals surface area contributed by atoms with Gasteiger partial charge in [-0.25, -0.2) is 0 Å². The zero-order valence-electron chi connectivity index (χ0n) is 6.45. The Bertz CT molecular complexity index is 132. The predicted molar refractivity (Wildman–Crippen MR) is 38.2 cm³/mol. The molecule has 4 nitrogen and oxygen atoms in total. The maximum Gasteiger partial charge on any atom is 0.171 e. The lowest BCUT2D eigenvalue weighted by Crippen LogP contribution is -2.26. The monoisotopic (exact) mass is 160 g/mol. The van der Waals surface area contributed by atoms with Crippen molar-refractivity contribution in [3.8, 4) is 0 Å². The average Bonchev–Trinajstić information content (AvgIpc) is 2.05. The van der Waals surface area contributed by atoms with Gasteiger partial charge in [-0.3, -0.25) is 9.59 Å². The fourth-order valence-corrected chi connectivity index (χ4v) is 0.589. The molecule has 0 bridgehead atoms. The smallest absolute Gasteiger partial charge is 0.171 e. The molecule has 0 saturated heterocycles. The van der Waals surface area contributed by atoms with Crippen molar-refractivity contribution < 1.29 is 19.4 Å². The van der Waals surface area contributed by atoms with E-state index >= 15 is 0 Å². The molecule has 0 aliphatic rings. The van der Waals surface area contributed by atoms with E-state index in [9.17, 15) is 9.59 Å². The van der Waals surface area contributed by atoms with Crippen LogP contribution in [0.5, 0.6) is 0 Å². The lowest BCUT2D eigenvalue weighted by molar-refractivity contribution is -0.136. The summed E-state index contributed by atoms with van der Waals surface area (Å²) in [6, 6.07) is 0. The Balaban J connectivity index is 3.74. The van der Waals surface area contributed by atoms with Crippen LogP contribution in [-0.4, -0.2) is 36.5 Å². The van der Waals surface area contributed by atoms with Crippen LogP contribution in [0.25, 0.3) is 0 Å². The van der Waals surface area contributed by atoms with Crippen LogP contribution in [0.2, 0.25) is 0 Å². The highest BCUT2D eigenvalue weighted by molar-refractivity contribution is 5.95. The molecule has 1 N–H and O–H groups in total. The summed E-state index contributed by atoms with van der Waals surface area (Å²) in [4.78, 5) is 21.0. The molecule has 0 aliphatic heterocycles. The number of aliphatic hydroxyl groups excluding tert-OH is 1. The van der Waals surface area contributed by atoms with E-state index in [-0.39, 0.29) is 25.4 Å². The number of aliphatic hydroxyl groups is 1. The van der Waals surface area contributed by atoms with Crippen LogP contribution in [0, 0.1) is 0 Å². The minimum atomic E-state index is -0.993. The number of Topliss-reactive ketones (excluding diaryl/α,β-unsaturated/α-hetero) is 1. The zero-order valence-corrected chi connectivity index (χ0v) is 6.45. The molecule has 1 unspecified atom stereocenters. The van der Waals surface area contributed by atoms with Crippen LogP contribution in [0.4, 0.5) is 0 Å². The molecule has 0 spiro atoms. The van der Waals surface area contributed by atoms with E-state index in [0.29, 0.717) is 6.29 Å². The van der Waals surface area contributed by atoms with Gasteiger partial charge in [0.1, 0.15) is 0 Å². The number of ketones is 1. The molecule has 64 valence electrons. The fourth-order valence-electron chi connectivity index (χ4n) is 0.589. The van der Waals surface area contributed by atoms with Gasteiger partial charge in [-0.2, -0.15) is 0 Å². The van der Waals surface area contributed by atoms with Crippen molar-refractivity contribution in [2.24, 2.45) is 0 Å². The van der Waals surface area contributed by atoms with Gasteiger partial charge in [-0.15, -0.1) is 0 Å². The van der Waals surface area contributed by atoms with Crippen molar-refractivity contribution in [3.05, 3.63) is 0 Å². The van der Waals surface area contributed by atoms with E-state index in [1.165, 1.54) is 0 Å². The van der Waals surface area contributed by atoms with Crippen LogP contribution in [-0.2, 0) is 14.3 Å². The van der Waals surface area contributed by atoms with Gasteiger partial charge in [0.25, 0.3) is 0 Å². The minimum Gasteiger partial charge on any atom is -0.394 e. The molecule has 0 aromatic carbocycles. The first kappa shape index (κ1) is 10.3. The summed E-state index contributed by atoms with van der Waals surface area (Å²) >= 11 is 0. The molecule has 11 heavy (non-hydrogen) atoms. The van der Waals surface area contributed by atoms with E-state index in [4.69, 9.17) is 9.84 Å². The molecule has 4 heteroatoms. The second-order valence-electron chi connectivity index (χ2n) is 1.97. The third-order valence-corrected chi connectivity index (χ3v) is 1.18. The maximum absolute atomic E-state index is 10.8. The van der Waals surface area contributed by atoms with E-state index < -0.39 is 6.10 Å². The number of hydrogen-bond acceptors (Lipinski definition) is 4. The van der Waals surface area contributed by atoms with E-state index in [1.807, 2.05) is 0 Å². The first-order valence-electron chi connectivity index (χ1n) is 3.46. The molecule has 0 saturated carbocycles. The molecule has 0 radical (unpaired) electrons. The predicted octanol–water partition coefficient (Wildman–Crippen LogP) is -0.458. The summed E-state index contributed by atoms with van der Waals surface area (Å²) in [7, 11) is 0. The van der Waals surface area contributed by atoms with Gasteiger partial charge >= 0.3 is 0 Å². The third kappa shape index (κ3) is 3.85. The standard InChI is InChI=1S/C7H12O4/c1-2-6(10)7(5-9)11-4-3-8/h5,7-8H,2-4H2,1H3. The molecule has 0 rings (SSSR count). The van der Waals surface area contributed by atoms with Gasteiger partial charge in [0.15, 0.2) is 18.2 Å². The Morgan fingerprint density at radius 2 is 2.36 bits per heavy atom. The summed E-state index contributed by atoms with van der Waals surface area (Å²) < 4.78 is 4.73. The van der Waals surface area contributed by atoms with Crippen LogP contribution >= 0.6 is 0 Å². The van der Waals surface area contributed by atoms with E-state index in [0.717, 1.165) is 0 Å². The van der Waals surface area contributed by atoms with Gasteiger partial charge in [0.2, 0.25) is 0 Å². The normalized spacial score (nSPS) is 12.5. The quantitative estimate of drug-likeness (QED) is 0.422. The molecule has 0 fully saturated rings. The van der Waals surface area contributed by atoms with E-state index in [1.54, 1.807) is 6.92 Å². The van der Waals surface area contributed by atoms with Crippen molar-refractivity contribution in [1.29, 1.82) is 0 Å². The number of hydrogen-bond donors (Lipinski definition) is 1. The van der Waals surface area contributed by atoms with Crippen molar-refractivity contribution in [2.75, 3.05) is 13.2 Å². The second-order valence-corrected chi connectivity index (χ2v) is 1.97. The van der Waals surface area contributed by atoms with Crippen LogP contribution in [0.15, 0.2) is 0 Å². The summed E-state index contributed by atoms with van der Waals surface area (Å²) in [5, 5.41) is 8.31. The lowest BCUT2D eigenvalue weighted by atomic mass is 10.2. The Labute approximate surface area is 65.2 Å². The van der Waals surface area contributed by atoms with Gasteiger partial charge < -0.3 is 9.84 Å². The molecule has 0 aliphatic carbocycles. The SMILES string of the molecule is CCC(=O)C(C=O)OCCO. The van der Waals surface area contributed by atoms with Gasteiger partial charge in [0, 0.05) is 6.42 Å². The van der Waals surface area contributed by atoms with Crippen LogP contribution in [0.3, 0.4) is 0 Å². The van der Waals surface area contributed by atoms with Crippen molar-refractivity contribution in [1.82, 2.24) is 0 Å². The number of carbonyl (C=O) groups is 2. The number of aldehydes is 1. The summed E-state index contributed by atoms with van der Waals surface area (Å²) in [5.74, 6) is -0.256. The summed E-state index contributed by atoms with van der Waals surface area (Å²) in [5.41, 5.74) is 0. The molecule has 1 atom stereocenters. The van der Waals surface area contributed by atoms with Gasteiger partial charge in [-0.1, -0.05) is 6.92 Å². The zero-order chi connectivity index (χ0) is 8.69. The summed E-state index contributed by atoms with van der Waals surface area (Å²) in [6.45, 7) is 1.50. The highest BCUT2D eigenvalue weighted by Gasteiger charge is 2.14. The number of carbonyl (C=O) groups excluding carboxylic acids is 2. The lowest BCUT2D eigenvalue weighted by Gasteiger charge is -2.07. The van der Waals surface area contributed by atoms with Gasteiger partial charge in [0.05, 0.1) is 13.2 Å². The molecule has 0 aromatic heterocycles. The number of ether oxygens (including phenoxy) is 1. The molecule has 0 aromatic rings.